The van der Waals surface area contributed by atoms with E-state index in [4.69, 9.17) is 25.9 Å². The summed E-state index contributed by atoms with van der Waals surface area (Å²) < 4.78 is 12.0. The lowest BCUT2D eigenvalue weighted by Gasteiger charge is -2.30. The zero-order chi connectivity index (χ0) is 23.3. The van der Waals surface area contributed by atoms with Crippen molar-refractivity contribution >= 4 is 29.1 Å². The minimum atomic E-state index is -0.324. The molecule has 2 amide bonds. The van der Waals surface area contributed by atoms with Gasteiger partial charge < -0.3 is 14.4 Å². The Hall–Kier alpha value is -2.77. The molecule has 5 rings (SSSR count). The van der Waals surface area contributed by atoms with Gasteiger partial charge in [-0.1, -0.05) is 29.8 Å². The van der Waals surface area contributed by atoms with Gasteiger partial charge in [0.25, 0.3) is 11.8 Å². The van der Waals surface area contributed by atoms with E-state index >= 15 is 0 Å². The van der Waals surface area contributed by atoms with Gasteiger partial charge in [0, 0.05) is 12.8 Å². The summed E-state index contributed by atoms with van der Waals surface area (Å²) in [5.74, 6) is 0.585. The Kier molecular flexibility index (Phi) is 5.70. The predicted octanol–water partition coefficient (Wildman–Crippen LogP) is 4.32. The summed E-state index contributed by atoms with van der Waals surface area (Å²) in [7, 11) is 0. The summed E-state index contributed by atoms with van der Waals surface area (Å²) in [4.78, 5) is 34.2. The van der Waals surface area contributed by atoms with E-state index in [1.807, 2.05) is 45.0 Å². The summed E-state index contributed by atoms with van der Waals surface area (Å²) in [5, 5.41) is 1.82. The first-order valence-electron chi connectivity index (χ1n) is 11.3. The molecule has 1 fully saturated rings. The molecule has 2 atom stereocenters. The Labute approximate surface area is 198 Å². The Morgan fingerprint density at radius 2 is 1.97 bits per heavy atom. The van der Waals surface area contributed by atoms with Gasteiger partial charge in [-0.05, 0) is 50.5 Å². The molecule has 2 aromatic rings. The third-order valence-electron chi connectivity index (χ3n) is 6.30. The minimum absolute atomic E-state index is 0.0707. The van der Waals surface area contributed by atoms with Crippen LogP contribution in [-0.4, -0.2) is 48.1 Å². The highest BCUT2D eigenvalue weighted by molar-refractivity contribution is 6.33. The van der Waals surface area contributed by atoms with Crippen LogP contribution in [0, 0.1) is 6.92 Å². The standard InChI is InChI=1S/C25H27ClN2O5/c1-14(2)32-24-22-20(10-15(3)23(24)26)31-13-17-11-18(12-27(17)25(22)30)33-28-19-7-5-4-6-16(19)8-9-21(28)29/h4-7,10,14,17-18H,8-9,11-13H2,1-3H3/t17-,18+/m1/s1. The fourth-order valence-electron chi connectivity index (χ4n) is 4.74. The molecule has 2 aromatic carbocycles. The van der Waals surface area contributed by atoms with Crippen LogP contribution in [0.15, 0.2) is 30.3 Å². The lowest BCUT2D eigenvalue weighted by Crippen LogP contribution is -2.40. The van der Waals surface area contributed by atoms with Crippen molar-refractivity contribution in [2.24, 2.45) is 0 Å². The van der Waals surface area contributed by atoms with E-state index in [-0.39, 0.29) is 30.1 Å². The van der Waals surface area contributed by atoms with Gasteiger partial charge in [-0.3, -0.25) is 14.4 Å². The fraction of sp³-hybridized carbons (Fsp3) is 0.440. The van der Waals surface area contributed by atoms with Gasteiger partial charge in [-0.25, -0.2) is 0 Å². The lowest BCUT2D eigenvalue weighted by atomic mass is 10.0. The van der Waals surface area contributed by atoms with Gasteiger partial charge >= 0.3 is 0 Å². The number of anilines is 1. The molecule has 0 aliphatic carbocycles. The lowest BCUT2D eigenvalue weighted by molar-refractivity contribution is -0.128. The molecular formula is C25H27ClN2O5. The smallest absolute Gasteiger partial charge is 0.261 e. The maximum Gasteiger partial charge on any atom is 0.261 e. The summed E-state index contributed by atoms with van der Waals surface area (Å²) in [6.45, 7) is 6.34. The second-order valence-corrected chi connectivity index (χ2v) is 9.46. The molecule has 0 N–H and O–H groups in total. The first kappa shape index (κ1) is 22.0. The third-order valence-corrected chi connectivity index (χ3v) is 6.77. The van der Waals surface area contributed by atoms with Crippen LogP contribution in [-0.2, 0) is 16.1 Å². The average Bonchev–Trinajstić information content (AvgIpc) is 3.14. The van der Waals surface area contributed by atoms with E-state index in [2.05, 4.69) is 0 Å². The van der Waals surface area contributed by atoms with E-state index < -0.39 is 0 Å². The number of fused-ring (bicyclic) bond motifs is 3. The highest BCUT2D eigenvalue weighted by Gasteiger charge is 2.43. The summed E-state index contributed by atoms with van der Waals surface area (Å²) in [5.41, 5.74) is 3.00. The number of rotatable bonds is 4. The summed E-state index contributed by atoms with van der Waals surface area (Å²) in [6, 6.07) is 9.38. The minimum Gasteiger partial charge on any atom is -0.490 e. The van der Waals surface area contributed by atoms with E-state index in [0.29, 0.717) is 54.5 Å². The summed E-state index contributed by atoms with van der Waals surface area (Å²) >= 11 is 6.54. The number of halogens is 1. The predicted molar refractivity (Wildman–Crippen MR) is 124 cm³/mol. The Morgan fingerprint density at radius 3 is 2.76 bits per heavy atom. The number of para-hydroxylation sites is 1. The second-order valence-electron chi connectivity index (χ2n) is 9.08. The number of hydrogen-bond donors (Lipinski definition) is 0. The quantitative estimate of drug-likeness (QED) is 0.665. The number of hydrogen-bond acceptors (Lipinski definition) is 5. The number of carbonyl (C=O) groups is 2. The zero-order valence-electron chi connectivity index (χ0n) is 19.0. The van der Waals surface area contributed by atoms with Crippen LogP contribution < -0.4 is 14.5 Å². The Balaban J connectivity index is 1.41. The van der Waals surface area contributed by atoms with E-state index in [0.717, 1.165) is 16.8 Å². The van der Waals surface area contributed by atoms with Crippen molar-refractivity contribution in [3.63, 3.8) is 0 Å². The van der Waals surface area contributed by atoms with Crippen LogP contribution in [0.5, 0.6) is 11.5 Å². The molecule has 174 valence electrons. The van der Waals surface area contributed by atoms with Crippen molar-refractivity contribution in [2.75, 3.05) is 18.2 Å². The van der Waals surface area contributed by atoms with Crippen LogP contribution in [0.3, 0.4) is 0 Å². The molecular weight excluding hydrogens is 444 g/mol. The first-order valence-corrected chi connectivity index (χ1v) is 11.7. The van der Waals surface area contributed by atoms with Crippen molar-refractivity contribution in [1.29, 1.82) is 0 Å². The highest BCUT2D eigenvalue weighted by atomic mass is 35.5. The maximum absolute atomic E-state index is 13.7. The number of amides is 2. The monoisotopic (exact) mass is 470 g/mol. The molecule has 33 heavy (non-hydrogen) atoms. The Morgan fingerprint density at radius 1 is 1.18 bits per heavy atom. The van der Waals surface area contributed by atoms with Gasteiger partial charge in [0.1, 0.15) is 24.0 Å². The largest absolute Gasteiger partial charge is 0.490 e. The SMILES string of the molecule is Cc1cc2c(c(OC(C)C)c1Cl)C(=O)N1C[C@@H](ON3C(=O)CCc4ccccc43)C[C@@H]1CO2. The van der Waals surface area contributed by atoms with Crippen molar-refractivity contribution in [2.45, 2.75) is 58.3 Å². The van der Waals surface area contributed by atoms with Crippen molar-refractivity contribution < 1.29 is 23.9 Å². The Bertz CT molecular complexity index is 1120. The van der Waals surface area contributed by atoms with Gasteiger partial charge in [-0.15, -0.1) is 0 Å². The molecule has 1 saturated heterocycles. The normalized spacial score (nSPS) is 22.0. The number of carbonyl (C=O) groups excluding carboxylic acids is 2. The average molecular weight is 471 g/mol. The van der Waals surface area contributed by atoms with Gasteiger partial charge in [-0.2, -0.15) is 5.06 Å². The molecule has 0 saturated carbocycles. The molecule has 0 radical (unpaired) electrons. The van der Waals surface area contributed by atoms with Crippen molar-refractivity contribution in [3.05, 3.63) is 52.0 Å². The maximum atomic E-state index is 13.7. The number of nitrogens with zero attached hydrogens (tertiary/aromatic N) is 2. The topological polar surface area (TPSA) is 68.3 Å². The third kappa shape index (κ3) is 3.93. The number of ether oxygens (including phenoxy) is 2. The van der Waals surface area contributed by atoms with Crippen LogP contribution in [0.25, 0.3) is 0 Å². The molecule has 3 heterocycles. The zero-order valence-corrected chi connectivity index (χ0v) is 19.7. The molecule has 0 spiro atoms. The van der Waals surface area contributed by atoms with Crippen LogP contribution in [0.4, 0.5) is 5.69 Å². The van der Waals surface area contributed by atoms with Crippen molar-refractivity contribution in [1.82, 2.24) is 4.90 Å². The molecule has 8 heteroatoms. The number of benzene rings is 2. The first-order chi connectivity index (χ1) is 15.8. The molecule has 0 aromatic heterocycles. The van der Waals surface area contributed by atoms with Crippen LogP contribution in [0.1, 0.15) is 48.2 Å². The number of aryl methyl sites for hydroxylation is 2. The number of hydroxylamine groups is 1. The van der Waals surface area contributed by atoms with Crippen molar-refractivity contribution in [3.8, 4) is 11.5 Å². The second kappa shape index (κ2) is 8.54. The molecule has 7 nitrogen and oxygen atoms in total. The molecule has 0 unspecified atom stereocenters. The van der Waals surface area contributed by atoms with E-state index in [1.165, 1.54) is 5.06 Å². The van der Waals surface area contributed by atoms with E-state index in [9.17, 15) is 9.59 Å². The van der Waals surface area contributed by atoms with Gasteiger partial charge in [0.2, 0.25) is 0 Å². The molecule has 0 bridgehead atoms. The van der Waals surface area contributed by atoms with Crippen LogP contribution in [0.2, 0.25) is 5.02 Å². The molecule has 3 aliphatic heterocycles. The highest BCUT2D eigenvalue weighted by Crippen LogP contribution is 2.43. The molecule has 3 aliphatic rings. The fourth-order valence-corrected chi connectivity index (χ4v) is 4.94. The van der Waals surface area contributed by atoms with Crippen LogP contribution >= 0.6 is 11.6 Å². The van der Waals surface area contributed by atoms with Gasteiger partial charge in [0.05, 0.1) is 29.4 Å². The van der Waals surface area contributed by atoms with Gasteiger partial charge in [0.15, 0.2) is 5.75 Å². The summed E-state index contributed by atoms with van der Waals surface area (Å²) in [6.07, 6.45) is 1.20. The van der Waals surface area contributed by atoms with E-state index in [1.54, 1.807) is 11.0 Å².